The Kier molecular flexibility index (Phi) is 4.36. The minimum absolute atomic E-state index is 0.519. The zero-order valence-corrected chi connectivity index (χ0v) is 10.6. The summed E-state index contributed by atoms with van der Waals surface area (Å²) in [6.45, 7) is 10.2. The summed E-state index contributed by atoms with van der Waals surface area (Å²) in [6, 6.07) is 4.33. The molecular formula is C15H20O. The van der Waals surface area contributed by atoms with Gasteiger partial charge in [0.25, 0.3) is 0 Å². The van der Waals surface area contributed by atoms with Crippen LogP contribution in [0.25, 0.3) is 6.08 Å². The number of methoxy groups -OCH3 is 1. The molecule has 0 bridgehead atoms. The molecule has 16 heavy (non-hydrogen) atoms. The van der Waals surface area contributed by atoms with Crippen molar-refractivity contribution in [2.75, 3.05) is 7.11 Å². The average Bonchev–Trinajstić information content (AvgIpc) is 2.26. The molecule has 1 heteroatoms. The van der Waals surface area contributed by atoms with Crippen molar-refractivity contribution in [1.29, 1.82) is 0 Å². The molecular weight excluding hydrogens is 196 g/mol. The maximum Gasteiger partial charge on any atom is 0.126 e. The molecule has 1 aromatic rings. The van der Waals surface area contributed by atoms with E-state index in [0.29, 0.717) is 5.92 Å². The van der Waals surface area contributed by atoms with Crippen LogP contribution in [0.2, 0.25) is 0 Å². The number of benzene rings is 1. The molecule has 0 heterocycles. The van der Waals surface area contributed by atoms with Crippen molar-refractivity contribution in [3.8, 4) is 5.75 Å². The lowest BCUT2D eigenvalue weighted by Crippen LogP contribution is -1.95. The second kappa shape index (κ2) is 5.55. The molecule has 0 aliphatic heterocycles. The molecule has 1 aromatic carbocycles. The van der Waals surface area contributed by atoms with Crippen LogP contribution in [0.5, 0.6) is 5.75 Å². The van der Waals surface area contributed by atoms with E-state index >= 15 is 0 Å². The normalized spacial score (nSPS) is 11.1. The first-order valence-corrected chi connectivity index (χ1v) is 5.57. The average molecular weight is 216 g/mol. The van der Waals surface area contributed by atoms with Gasteiger partial charge in [-0.15, -0.1) is 0 Å². The van der Waals surface area contributed by atoms with Crippen LogP contribution in [0.4, 0.5) is 0 Å². The van der Waals surface area contributed by atoms with Crippen molar-refractivity contribution in [1.82, 2.24) is 0 Å². The van der Waals surface area contributed by atoms with Crippen LogP contribution < -0.4 is 4.74 Å². The van der Waals surface area contributed by atoms with Gasteiger partial charge in [-0.2, -0.15) is 0 Å². The van der Waals surface area contributed by atoms with Gasteiger partial charge in [0, 0.05) is 5.56 Å². The number of hydrogen-bond acceptors (Lipinski definition) is 1. The summed E-state index contributed by atoms with van der Waals surface area (Å²) in [5.74, 6) is 1.45. The second-order valence-corrected chi connectivity index (χ2v) is 4.20. The van der Waals surface area contributed by atoms with Crippen molar-refractivity contribution in [3.63, 3.8) is 0 Å². The molecule has 0 saturated heterocycles. The standard InChI is InChI=1S/C15H20O/c1-6-7-8-14-12(4)9-13(11(2)3)10-15(14)16-5/h6-11H,1H2,2-5H3/b8-7-. The highest BCUT2D eigenvalue weighted by Crippen LogP contribution is 2.29. The highest BCUT2D eigenvalue weighted by Gasteiger charge is 2.08. The summed E-state index contributed by atoms with van der Waals surface area (Å²) in [6.07, 6.45) is 5.74. The molecule has 0 unspecified atom stereocenters. The van der Waals surface area contributed by atoms with E-state index in [9.17, 15) is 0 Å². The van der Waals surface area contributed by atoms with E-state index in [1.54, 1.807) is 13.2 Å². The van der Waals surface area contributed by atoms with Crippen LogP contribution in [0.15, 0.2) is 30.9 Å². The summed E-state index contributed by atoms with van der Waals surface area (Å²) in [4.78, 5) is 0. The lowest BCUT2D eigenvalue weighted by molar-refractivity contribution is 0.412. The van der Waals surface area contributed by atoms with E-state index in [2.05, 4.69) is 39.5 Å². The van der Waals surface area contributed by atoms with Crippen molar-refractivity contribution in [2.24, 2.45) is 0 Å². The lowest BCUT2D eigenvalue weighted by atomic mass is 9.96. The van der Waals surface area contributed by atoms with E-state index in [4.69, 9.17) is 4.74 Å². The van der Waals surface area contributed by atoms with Crippen molar-refractivity contribution < 1.29 is 4.74 Å². The maximum absolute atomic E-state index is 5.43. The lowest BCUT2D eigenvalue weighted by Gasteiger charge is -2.13. The number of allylic oxidation sites excluding steroid dienone is 2. The molecule has 0 atom stereocenters. The zero-order chi connectivity index (χ0) is 12.1. The third kappa shape index (κ3) is 2.75. The van der Waals surface area contributed by atoms with Gasteiger partial charge >= 0.3 is 0 Å². The number of hydrogen-bond donors (Lipinski definition) is 0. The highest BCUT2D eigenvalue weighted by atomic mass is 16.5. The van der Waals surface area contributed by atoms with Gasteiger partial charge in [0.05, 0.1) is 7.11 Å². The summed E-state index contributed by atoms with van der Waals surface area (Å²) in [5.41, 5.74) is 3.68. The van der Waals surface area contributed by atoms with Gasteiger partial charge in [-0.05, 0) is 30.0 Å². The van der Waals surface area contributed by atoms with Crippen LogP contribution in [0, 0.1) is 6.92 Å². The molecule has 1 nitrogen and oxygen atoms in total. The van der Waals surface area contributed by atoms with Gasteiger partial charge in [-0.3, -0.25) is 0 Å². The highest BCUT2D eigenvalue weighted by molar-refractivity contribution is 5.63. The molecule has 0 saturated carbocycles. The Morgan fingerprint density at radius 2 is 2.00 bits per heavy atom. The van der Waals surface area contributed by atoms with Crippen molar-refractivity contribution >= 4 is 6.08 Å². The van der Waals surface area contributed by atoms with Crippen LogP contribution in [0.3, 0.4) is 0 Å². The first-order valence-electron chi connectivity index (χ1n) is 5.57. The molecule has 0 aliphatic rings. The third-order valence-electron chi connectivity index (χ3n) is 2.66. The second-order valence-electron chi connectivity index (χ2n) is 4.20. The fourth-order valence-electron chi connectivity index (χ4n) is 1.67. The Bertz CT molecular complexity index is 400. The van der Waals surface area contributed by atoms with Gasteiger partial charge in [-0.25, -0.2) is 0 Å². The molecule has 1 rings (SSSR count). The zero-order valence-electron chi connectivity index (χ0n) is 10.6. The van der Waals surface area contributed by atoms with E-state index in [1.165, 1.54) is 11.1 Å². The molecule has 0 aliphatic carbocycles. The monoisotopic (exact) mass is 216 g/mol. The van der Waals surface area contributed by atoms with E-state index < -0.39 is 0 Å². The molecule has 0 spiro atoms. The van der Waals surface area contributed by atoms with Crippen LogP contribution in [0.1, 0.15) is 36.5 Å². The third-order valence-corrected chi connectivity index (χ3v) is 2.66. The number of ether oxygens (including phenoxy) is 1. The summed E-state index contributed by atoms with van der Waals surface area (Å²) < 4.78 is 5.43. The summed E-state index contributed by atoms with van der Waals surface area (Å²) in [5, 5.41) is 0. The molecule has 0 amide bonds. The van der Waals surface area contributed by atoms with Crippen molar-refractivity contribution in [3.05, 3.63) is 47.6 Å². The quantitative estimate of drug-likeness (QED) is 0.681. The first kappa shape index (κ1) is 12.6. The Balaban J connectivity index is 3.28. The van der Waals surface area contributed by atoms with Gasteiger partial charge in [0.1, 0.15) is 5.75 Å². The Morgan fingerprint density at radius 1 is 1.31 bits per heavy atom. The molecule has 0 aromatic heterocycles. The van der Waals surface area contributed by atoms with E-state index in [-0.39, 0.29) is 0 Å². The van der Waals surface area contributed by atoms with Gasteiger partial charge in [0.15, 0.2) is 0 Å². The molecule has 0 N–H and O–H groups in total. The number of aryl methyl sites for hydroxylation is 1. The largest absolute Gasteiger partial charge is 0.496 e. The Morgan fingerprint density at radius 3 is 2.50 bits per heavy atom. The summed E-state index contributed by atoms with van der Waals surface area (Å²) in [7, 11) is 1.71. The maximum atomic E-state index is 5.43. The van der Waals surface area contributed by atoms with Gasteiger partial charge in [-0.1, -0.05) is 44.7 Å². The fourth-order valence-corrected chi connectivity index (χ4v) is 1.67. The predicted molar refractivity (Wildman–Crippen MR) is 71.1 cm³/mol. The predicted octanol–water partition coefficient (Wildman–Crippen LogP) is 4.33. The summed E-state index contributed by atoms with van der Waals surface area (Å²) >= 11 is 0. The Hall–Kier alpha value is -1.50. The first-order chi connectivity index (χ1) is 7.60. The molecule has 86 valence electrons. The Labute approximate surface area is 98.5 Å². The van der Waals surface area contributed by atoms with Gasteiger partial charge < -0.3 is 4.74 Å². The minimum atomic E-state index is 0.519. The van der Waals surface area contributed by atoms with E-state index in [1.807, 2.05) is 12.2 Å². The molecule has 0 radical (unpaired) electrons. The van der Waals surface area contributed by atoms with Crippen LogP contribution >= 0.6 is 0 Å². The fraction of sp³-hybridized carbons (Fsp3) is 0.333. The van der Waals surface area contributed by atoms with Crippen LogP contribution in [-0.4, -0.2) is 7.11 Å². The van der Waals surface area contributed by atoms with Crippen LogP contribution in [-0.2, 0) is 0 Å². The SMILES string of the molecule is C=C/C=C\c1c(C)cc(C(C)C)cc1OC. The van der Waals surface area contributed by atoms with E-state index in [0.717, 1.165) is 11.3 Å². The number of rotatable bonds is 4. The minimum Gasteiger partial charge on any atom is -0.496 e. The molecule has 0 fully saturated rings. The topological polar surface area (TPSA) is 9.23 Å². The van der Waals surface area contributed by atoms with Gasteiger partial charge in [0.2, 0.25) is 0 Å². The smallest absolute Gasteiger partial charge is 0.126 e. The van der Waals surface area contributed by atoms with Crippen molar-refractivity contribution in [2.45, 2.75) is 26.7 Å².